The number of hydrogen-bond acceptors (Lipinski definition) is 4. The summed E-state index contributed by atoms with van der Waals surface area (Å²) in [6.45, 7) is 1.30. The molecule has 2 aromatic rings. The molecule has 2 heterocycles. The van der Waals surface area contributed by atoms with Gasteiger partial charge < -0.3 is 9.64 Å². The lowest BCUT2D eigenvalue weighted by Gasteiger charge is -2.31. The van der Waals surface area contributed by atoms with E-state index in [0.29, 0.717) is 23.7 Å². The molecule has 5 heteroatoms. The van der Waals surface area contributed by atoms with Gasteiger partial charge in [0.2, 0.25) is 0 Å². The highest BCUT2D eigenvalue weighted by molar-refractivity contribution is 5.95. The Morgan fingerprint density at radius 1 is 1.32 bits per heavy atom. The first-order valence-electron chi connectivity index (χ1n) is 8.56. The van der Waals surface area contributed by atoms with Crippen LogP contribution in [0.3, 0.4) is 0 Å². The van der Waals surface area contributed by atoms with Crippen LogP contribution in [0.25, 0.3) is 0 Å². The molecule has 4 rings (SSSR count). The van der Waals surface area contributed by atoms with Crippen LogP contribution < -0.4 is 0 Å². The zero-order valence-electron chi connectivity index (χ0n) is 13.8. The lowest BCUT2D eigenvalue weighted by Crippen LogP contribution is -2.42. The second kappa shape index (κ2) is 6.66. The number of nitrogens with zero attached hydrogens (tertiary/aromatic N) is 3. The fourth-order valence-electron chi connectivity index (χ4n) is 3.93. The highest BCUT2D eigenvalue weighted by Crippen LogP contribution is 2.40. The summed E-state index contributed by atoms with van der Waals surface area (Å²) in [5.74, 6) is 0.417. The Kier molecular flexibility index (Phi) is 4.21. The van der Waals surface area contributed by atoms with Crippen LogP contribution >= 0.6 is 0 Å². The quantitative estimate of drug-likeness (QED) is 0.863. The Labute approximate surface area is 146 Å². The maximum absolute atomic E-state index is 12.8. The molecule has 0 spiro atoms. The lowest BCUT2D eigenvalue weighted by atomic mass is 10.0. The number of nitriles is 1. The van der Waals surface area contributed by atoms with Crippen LogP contribution in [-0.2, 0) is 11.3 Å². The molecule has 0 unspecified atom stereocenters. The van der Waals surface area contributed by atoms with Crippen molar-refractivity contribution in [1.82, 2.24) is 9.88 Å². The number of likely N-dealkylation sites (tertiary alicyclic amines) is 1. The molecule has 2 aliphatic rings. The van der Waals surface area contributed by atoms with Crippen LogP contribution in [0.1, 0.15) is 34.3 Å². The Balaban J connectivity index is 1.38. The van der Waals surface area contributed by atoms with Crippen molar-refractivity contribution in [3.05, 3.63) is 65.5 Å². The van der Waals surface area contributed by atoms with Gasteiger partial charge in [0.25, 0.3) is 5.91 Å². The van der Waals surface area contributed by atoms with Crippen molar-refractivity contribution in [2.24, 2.45) is 5.92 Å². The summed E-state index contributed by atoms with van der Waals surface area (Å²) in [5.41, 5.74) is 2.19. The summed E-state index contributed by atoms with van der Waals surface area (Å²) in [7, 11) is 0. The Morgan fingerprint density at radius 2 is 2.24 bits per heavy atom. The average molecular weight is 333 g/mol. The number of pyridine rings is 1. The number of piperidine rings is 1. The SMILES string of the molecule is N#Cc1cccc(C(=O)N2C[C@H]3C[C@H]2C[C@@H]3OCc2cccnc2)c1. The molecule has 1 saturated carbocycles. The predicted molar refractivity (Wildman–Crippen MR) is 91.5 cm³/mol. The molecule has 1 saturated heterocycles. The molecule has 126 valence electrons. The highest BCUT2D eigenvalue weighted by atomic mass is 16.5. The van der Waals surface area contributed by atoms with Crippen LogP contribution in [0, 0.1) is 17.2 Å². The zero-order valence-corrected chi connectivity index (χ0v) is 13.8. The first-order valence-corrected chi connectivity index (χ1v) is 8.56. The van der Waals surface area contributed by atoms with Gasteiger partial charge in [-0.25, -0.2) is 0 Å². The second-order valence-electron chi connectivity index (χ2n) is 6.75. The average Bonchev–Trinajstić information content (AvgIpc) is 3.27. The van der Waals surface area contributed by atoms with E-state index in [0.717, 1.165) is 24.9 Å². The van der Waals surface area contributed by atoms with Gasteiger partial charge in [-0.1, -0.05) is 12.1 Å². The summed E-state index contributed by atoms with van der Waals surface area (Å²) >= 11 is 0. The van der Waals surface area contributed by atoms with Gasteiger partial charge in [-0.15, -0.1) is 0 Å². The van der Waals surface area contributed by atoms with E-state index in [4.69, 9.17) is 10.00 Å². The van der Waals surface area contributed by atoms with E-state index in [-0.39, 0.29) is 18.1 Å². The molecule has 1 aromatic heterocycles. The van der Waals surface area contributed by atoms with E-state index in [2.05, 4.69) is 11.1 Å². The van der Waals surface area contributed by atoms with Gasteiger partial charge in [-0.3, -0.25) is 9.78 Å². The minimum atomic E-state index is 0.0234. The van der Waals surface area contributed by atoms with Crippen molar-refractivity contribution in [1.29, 1.82) is 5.26 Å². The van der Waals surface area contributed by atoms with Crippen molar-refractivity contribution in [2.45, 2.75) is 31.6 Å². The van der Waals surface area contributed by atoms with E-state index < -0.39 is 0 Å². The summed E-state index contributed by atoms with van der Waals surface area (Å²) in [6, 6.07) is 13.2. The van der Waals surface area contributed by atoms with Crippen molar-refractivity contribution >= 4 is 5.91 Å². The standard InChI is InChI=1S/C20H19N3O2/c21-10-14-3-1-5-16(7-14)20(24)23-12-17-8-18(23)9-19(17)25-13-15-4-2-6-22-11-15/h1-7,11,17-19H,8-9,12-13H2/t17-,18+,19+/m1/s1. The molecular weight excluding hydrogens is 314 g/mol. The number of benzene rings is 1. The van der Waals surface area contributed by atoms with Crippen molar-refractivity contribution in [2.75, 3.05) is 6.54 Å². The van der Waals surface area contributed by atoms with Gasteiger partial charge in [0, 0.05) is 36.5 Å². The van der Waals surface area contributed by atoms with Gasteiger partial charge in [0.05, 0.1) is 24.3 Å². The molecule has 2 fully saturated rings. The number of hydrogen-bond donors (Lipinski definition) is 0. The van der Waals surface area contributed by atoms with Gasteiger partial charge >= 0.3 is 0 Å². The summed E-state index contributed by atoms with van der Waals surface area (Å²) in [4.78, 5) is 18.8. The van der Waals surface area contributed by atoms with Gasteiger partial charge in [-0.05, 0) is 42.7 Å². The van der Waals surface area contributed by atoms with Crippen molar-refractivity contribution in [3.63, 3.8) is 0 Å². The zero-order chi connectivity index (χ0) is 17.2. The van der Waals surface area contributed by atoms with E-state index in [1.807, 2.05) is 23.2 Å². The minimum absolute atomic E-state index is 0.0234. The topological polar surface area (TPSA) is 66.2 Å². The van der Waals surface area contributed by atoms with Crippen LogP contribution in [0.4, 0.5) is 0 Å². The number of carbonyl (C=O) groups excluding carboxylic acids is 1. The third-order valence-electron chi connectivity index (χ3n) is 5.16. The van der Waals surface area contributed by atoms with E-state index in [1.54, 1.807) is 30.5 Å². The van der Waals surface area contributed by atoms with Crippen LogP contribution in [-0.4, -0.2) is 34.5 Å². The molecule has 1 aliphatic carbocycles. The second-order valence-corrected chi connectivity index (χ2v) is 6.75. The van der Waals surface area contributed by atoms with E-state index in [9.17, 15) is 4.79 Å². The molecule has 0 N–H and O–H groups in total. The maximum Gasteiger partial charge on any atom is 0.254 e. The number of ether oxygens (including phenoxy) is 1. The maximum atomic E-state index is 12.8. The van der Waals surface area contributed by atoms with Crippen LogP contribution in [0.15, 0.2) is 48.8 Å². The normalized spacial score (nSPS) is 24.3. The molecule has 25 heavy (non-hydrogen) atoms. The third kappa shape index (κ3) is 3.13. The third-order valence-corrected chi connectivity index (χ3v) is 5.16. The largest absolute Gasteiger partial charge is 0.373 e. The summed E-state index contributed by atoms with van der Waals surface area (Å²) < 4.78 is 6.07. The lowest BCUT2D eigenvalue weighted by molar-refractivity contribution is -0.00796. The molecule has 3 atom stereocenters. The van der Waals surface area contributed by atoms with E-state index in [1.165, 1.54) is 0 Å². The predicted octanol–water partition coefficient (Wildman–Crippen LogP) is 2.77. The number of carbonyl (C=O) groups is 1. The number of fused-ring (bicyclic) bond motifs is 2. The Morgan fingerprint density at radius 3 is 2.96 bits per heavy atom. The molecule has 2 bridgehead atoms. The highest BCUT2D eigenvalue weighted by Gasteiger charge is 2.47. The molecule has 1 aliphatic heterocycles. The van der Waals surface area contributed by atoms with Gasteiger partial charge in [0.1, 0.15) is 0 Å². The first kappa shape index (κ1) is 15.8. The smallest absolute Gasteiger partial charge is 0.254 e. The molecule has 1 amide bonds. The molecule has 0 radical (unpaired) electrons. The molecular formula is C20H19N3O2. The number of amides is 1. The fourth-order valence-corrected chi connectivity index (χ4v) is 3.93. The monoisotopic (exact) mass is 333 g/mol. The van der Waals surface area contributed by atoms with Crippen molar-refractivity contribution in [3.8, 4) is 6.07 Å². The summed E-state index contributed by atoms with van der Waals surface area (Å²) in [5, 5.41) is 9.01. The first-order chi connectivity index (χ1) is 12.2. The van der Waals surface area contributed by atoms with Gasteiger partial charge in [0.15, 0.2) is 0 Å². The Hall–Kier alpha value is -2.71. The summed E-state index contributed by atoms with van der Waals surface area (Å²) in [6.07, 6.45) is 5.67. The number of aromatic nitrogens is 1. The number of rotatable bonds is 4. The molecule has 1 aromatic carbocycles. The van der Waals surface area contributed by atoms with Crippen molar-refractivity contribution < 1.29 is 9.53 Å². The fraction of sp³-hybridized carbons (Fsp3) is 0.350. The Bertz CT molecular complexity index is 815. The molecule has 5 nitrogen and oxygen atoms in total. The van der Waals surface area contributed by atoms with Crippen LogP contribution in [0.2, 0.25) is 0 Å². The van der Waals surface area contributed by atoms with Crippen LogP contribution in [0.5, 0.6) is 0 Å². The van der Waals surface area contributed by atoms with Gasteiger partial charge in [-0.2, -0.15) is 5.26 Å². The minimum Gasteiger partial charge on any atom is -0.373 e. The van der Waals surface area contributed by atoms with E-state index >= 15 is 0 Å².